The molecule has 2 heterocycles. The molecular formula is C28H42N2O4S2. The van der Waals surface area contributed by atoms with Crippen molar-refractivity contribution < 1.29 is 17.9 Å². The van der Waals surface area contributed by atoms with E-state index in [-0.39, 0.29) is 30.9 Å². The lowest BCUT2D eigenvalue weighted by Gasteiger charge is -2.28. The average Bonchev–Trinajstić information content (AvgIpc) is 3.53. The number of rotatable bonds is 16. The molecule has 1 amide bonds. The lowest BCUT2D eigenvalue weighted by atomic mass is 10.1. The van der Waals surface area contributed by atoms with Crippen molar-refractivity contribution in [3.8, 4) is 0 Å². The van der Waals surface area contributed by atoms with Crippen molar-refractivity contribution in [2.45, 2.75) is 84.4 Å². The highest BCUT2D eigenvalue weighted by Gasteiger charge is 2.31. The Bertz CT molecular complexity index is 1020. The summed E-state index contributed by atoms with van der Waals surface area (Å²) in [6.45, 7) is 5.90. The molecule has 1 aliphatic rings. The van der Waals surface area contributed by atoms with Crippen molar-refractivity contribution in [2.24, 2.45) is 0 Å². The summed E-state index contributed by atoms with van der Waals surface area (Å²) in [7, 11) is -3.57. The van der Waals surface area contributed by atoms with Crippen molar-refractivity contribution >= 4 is 27.3 Å². The maximum absolute atomic E-state index is 13.6. The van der Waals surface area contributed by atoms with E-state index in [4.69, 9.17) is 4.74 Å². The van der Waals surface area contributed by atoms with E-state index in [1.807, 2.05) is 42.6 Å². The van der Waals surface area contributed by atoms with Crippen LogP contribution in [0.2, 0.25) is 0 Å². The first-order valence-electron chi connectivity index (χ1n) is 13.3. The Labute approximate surface area is 221 Å². The van der Waals surface area contributed by atoms with Crippen LogP contribution in [0.1, 0.15) is 74.3 Å². The van der Waals surface area contributed by atoms with Crippen LogP contribution in [-0.2, 0) is 32.6 Å². The molecule has 1 unspecified atom stereocenters. The minimum absolute atomic E-state index is 0.0852. The summed E-state index contributed by atoms with van der Waals surface area (Å²) >= 11 is 1.63. The van der Waals surface area contributed by atoms with Gasteiger partial charge in [0.15, 0.2) is 0 Å². The minimum atomic E-state index is -3.57. The summed E-state index contributed by atoms with van der Waals surface area (Å²) < 4.78 is 34.0. The molecule has 1 aliphatic heterocycles. The third kappa shape index (κ3) is 9.29. The number of nitrogens with zero attached hydrogens (tertiary/aromatic N) is 2. The molecule has 1 saturated heterocycles. The number of carbonyl (C=O) groups is 1. The van der Waals surface area contributed by atoms with Crippen LogP contribution >= 0.6 is 11.3 Å². The Morgan fingerprint density at radius 2 is 1.81 bits per heavy atom. The van der Waals surface area contributed by atoms with Crippen LogP contribution in [0.4, 0.5) is 0 Å². The first-order valence-corrected chi connectivity index (χ1v) is 15.8. The molecule has 0 radical (unpaired) electrons. The highest BCUT2D eigenvalue weighted by Crippen LogP contribution is 2.21. The highest BCUT2D eigenvalue weighted by molar-refractivity contribution is 7.89. The number of amides is 1. The van der Waals surface area contributed by atoms with Crippen molar-refractivity contribution in [2.75, 3.05) is 25.4 Å². The second-order valence-electron chi connectivity index (χ2n) is 9.77. The van der Waals surface area contributed by atoms with E-state index >= 15 is 0 Å². The molecule has 0 N–H and O–H groups in total. The number of aryl methyl sites for hydroxylation is 1. The van der Waals surface area contributed by atoms with Crippen LogP contribution in [0.3, 0.4) is 0 Å². The molecule has 1 aromatic heterocycles. The van der Waals surface area contributed by atoms with Gasteiger partial charge in [0.05, 0.1) is 24.9 Å². The topological polar surface area (TPSA) is 66.9 Å². The van der Waals surface area contributed by atoms with Crippen molar-refractivity contribution in [3.63, 3.8) is 0 Å². The highest BCUT2D eigenvalue weighted by atomic mass is 32.2. The van der Waals surface area contributed by atoms with Gasteiger partial charge in [-0.1, -0.05) is 69.4 Å². The van der Waals surface area contributed by atoms with E-state index in [1.54, 1.807) is 16.2 Å². The monoisotopic (exact) mass is 534 g/mol. The Morgan fingerprint density at radius 3 is 2.47 bits per heavy atom. The van der Waals surface area contributed by atoms with Gasteiger partial charge in [-0.25, -0.2) is 8.42 Å². The Kier molecular flexibility index (Phi) is 11.9. The van der Waals surface area contributed by atoms with Crippen molar-refractivity contribution in [3.05, 3.63) is 57.8 Å². The molecule has 2 aromatic rings. The fourth-order valence-electron chi connectivity index (χ4n) is 4.51. The quantitative estimate of drug-likeness (QED) is 0.257. The summed E-state index contributed by atoms with van der Waals surface area (Å²) in [5, 5.41) is 2.03. The molecule has 8 heteroatoms. The Hall–Kier alpha value is -1.74. The lowest BCUT2D eigenvalue weighted by Crippen LogP contribution is -2.46. The van der Waals surface area contributed by atoms with Crippen LogP contribution < -0.4 is 0 Å². The van der Waals surface area contributed by atoms with Gasteiger partial charge in [0.1, 0.15) is 0 Å². The molecule has 1 fully saturated rings. The van der Waals surface area contributed by atoms with Crippen molar-refractivity contribution in [1.82, 2.24) is 9.21 Å². The fraction of sp³-hybridized carbons (Fsp3) is 0.607. The van der Waals surface area contributed by atoms with Crippen LogP contribution in [-0.4, -0.2) is 55.1 Å². The first kappa shape index (κ1) is 28.8. The maximum atomic E-state index is 13.6. The summed E-state index contributed by atoms with van der Waals surface area (Å²) in [5.41, 5.74) is 2.18. The van der Waals surface area contributed by atoms with Gasteiger partial charge in [0.25, 0.3) is 0 Å². The minimum Gasteiger partial charge on any atom is -0.377 e. The molecule has 36 heavy (non-hydrogen) atoms. The third-order valence-electron chi connectivity index (χ3n) is 6.76. The average molecular weight is 535 g/mol. The molecule has 0 aliphatic carbocycles. The largest absolute Gasteiger partial charge is 0.377 e. The van der Waals surface area contributed by atoms with Crippen LogP contribution in [0.5, 0.6) is 0 Å². The van der Waals surface area contributed by atoms with E-state index in [0.29, 0.717) is 26.1 Å². The molecular weight excluding hydrogens is 492 g/mol. The normalized spacial score (nSPS) is 16.0. The van der Waals surface area contributed by atoms with Gasteiger partial charge < -0.3 is 9.64 Å². The van der Waals surface area contributed by atoms with Gasteiger partial charge in [0.2, 0.25) is 15.9 Å². The number of hydrogen-bond donors (Lipinski definition) is 0. The predicted molar refractivity (Wildman–Crippen MR) is 147 cm³/mol. The molecule has 0 bridgehead atoms. The van der Waals surface area contributed by atoms with Crippen LogP contribution in [0.25, 0.3) is 0 Å². The predicted octanol–water partition coefficient (Wildman–Crippen LogP) is 5.76. The molecule has 3 rings (SSSR count). The number of ether oxygens (including phenoxy) is 1. The zero-order valence-corrected chi connectivity index (χ0v) is 23.5. The standard InChI is InChI=1S/C28H42N2O4S2/c1-3-4-5-6-7-11-19-36(32,33)30(21-26-15-12-17-34-26)23-28(31)29(20-25-13-9-8-10-14-25)22-27-24(2)16-18-35-27/h8-10,13-14,16,18,26H,3-7,11-12,15,17,19-23H2,1-2H3. The second-order valence-corrected chi connectivity index (χ2v) is 12.9. The van der Waals surface area contributed by atoms with E-state index in [2.05, 4.69) is 13.0 Å². The number of thiophene rings is 1. The Morgan fingerprint density at radius 1 is 1.06 bits per heavy atom. The lowest BCUT2D eigenvalue weighted by molar-refractivity contribution is -0.132. The zero-order chi connectivity index (χ0) is 25.8. The first-order chi connectivity index (χ1) is 17.4. The zero-order valence-electron chi connectivity index (χ0n) is 21.9. The number of unbranched alkanes of at least 4 members (excludes halogenated alkanes) is 5. The van der Waals surface area contributed by atoms with Gasteiger partial charge >= 0.3 is 0 Å². The number of sulfonamides is 1. The van der Waals surface area contributed by atoms with E-state index in [1.165, 1.54) is 17.1 Å². The van der Waals surface area contributed by atoms with Gasteiger partial charge in [-0.05, 0) is 48.8 Å². The molecule has 0 spiro atoms. The second kappa shape index (κ2) is 14.9. The van der Waals surface area contributed by atoms with Gasteiger partial charge in [0, 0.05) is 24.6 Å². The number of benzene rings is 1. The summed E-state index contributed by atoms with van der Waals surface area (Å²) in [5.74, 6) is -0.0851. The molecule has 0 saturated carbocycles. The SMILES string of the molecule is CCCCCCCCS(=O)(=O)N(CC(=O)N(Cc1ccccc1)Cc1sccc1C)CC1CCCO1. The third-order valence-corrected chi connectivity index (χ3v) is 9.64. The van der Waals surface area contributed by atoms with E-state index in [0.717, 1.165) is 48.1 Å². The van der Waals surface area contributed by atoms with E-state index in [9.17, 15) is 13.2 Å². The van der Waals surface area contributed by atoms with Gasteiger partial charge in [-0.2, -0.15) is 4.31 Å². The molecule has 1 atom stereocenters. The van der Waals surface area contributed by atoms with Crippen molar-refractivity contribution in [1.29, 1.82) is 0 Å². The Balaban J connectivity index is 1.72. The van der Waals surface area contributed by atoms with E-state index < -0.39 is 10.0 Å². The summed E-state index contributed by atoms with van der Waals surface area (Å²) in [6.07, 6.45) is 7.71. The smallest absolute Gasteiger partial charge is 0.238 e. The van der Waals surface area contributed by atoms with Crippen LogP contribution in [0.15, 0.2) is 41.8 Å². The summed E-state index contributed by atoms with van der Waals surface area (Å²) in [6, 6.07) is 11.9. The fourth-order valence-corrected chi connectivity index (χ4v) is 6.96. The number of hydrogen-bond acceptors (Lipinski definition) is 5. The van der Waals surface area contributed by atoms with Crippen LogP contribution in [0, 0.1) is 6.92 Å². The molecule has 200 valence electrons. The molecule has 1 aromatic carbocycles. The molecule has 6 nitrogen and oxygen atoms in total. The summed E-state index contributed by atoms with van der Waals surface area (Å²) in [4.78, 5) is 16.6. The number of carbonyl (C=O) groups excluding carboxylic acids is 1. The maximum Gasteiger partial charge on any atom is 0.238 e. The van der Waals surface area contributed by atoms with Gasteiger partial charge in [-0.15, -0.1) is 11.3 Å². The van der Waals surface area contributed by atoms with Gasteiger partial charge in [-0.3, -0.25) is 4.79 Å².